The second-order valence-electron chi connectivity index (χ2n) is 7.81. The molecule has 2 amide bonds. The minimum Gasteiger partial charge on any atom is -0.337 e. The fraction of sp³-hybridized carbons (Fsp3) is 0.261. The van der Waals surface area contributed by atoms with Crippen molar-refractivity contribution in [1.82, 2.24) is 24.6 Å². The number of amides is 2. The number of aryl methyl sites for hydroxylation is 3. The van der Waals surface area contributed by atoms with Crippen LogP contribution in [0.2, 0.25) is 4.34 Å². The molecule has 11 heteroatoms. The first-order valence-corrected chi connectivity index (χ1v) is 13.4. The Morgan fingerprint density at radius 2 is 1.85 bits per heavy atom. The largest absolute Gasteiger partial charge is 0.337 e. The standard InChI is InChI=1S/C23H24ClN5O3S2/c1-4-19-27-21-14(2)13-15(3)26-22(21)29(19)17-7-5-16(6-8-17)11-12-25-23(30)28-34(31,32)20-10-9-18(24)33-20/h5-10,13H,4,11-12H2,1-3H3,(H2,25,28,30). The summed E-state index contributed by atoms with van der Waals surface area (Å²) in [4.78, 5) is 21.5. The number of sulfonamides is 1. The maximum absolute atomic E-state index is 12.2. The van der Waals surface area contributed by atoms with E-state index in [1.807, 2.05) is 48.9 Å². The second kappa shape index (κ2) is 9.73. The Morgan fingerprint density at radius 3 is 2.50 bits per heavy atom. The lowest BCUT2D eigenvalue weighted by molar-refractivity contribution is 0.246. The van der Waals surface area contributed by atoms with Crippen molar-refractivity contribution in [1.29, 1.82) is 0 Å². The van der Waals surface area contributed by atoms with E-state index in [0.717, 1.165) is 57.3 Å². The van der Waals surface area contributed by atoms with Gasteiger partial charge in [-0.05, 0) is 61.7 Å². The monoisotopic (exact) mass is 517 g/mol. The van der Waals surface area contributed by atoms with Gasteiger partial charge in [0.05, 0.1) is 4.34 Å². The molecule has 0 bridgehead atoms. The number of hydrogen-bond acceptors (Lipinski definition) is 6. The van der Waals surface area contributed by atoms with Crippen LogP contribution < -0.4 is 10.0 Å². The minimum absolute atomic E-state index is 0.0124. The lowest BCUT2D eigenvalue weighted by Gasteiger charge is -2.10. The summed E-state index contributed by atoms with van der Waals surface area (Å²) in [7, 11) is -3.94. The van der Waals surface area contributed by atoms with Crippen LogP contribution in [0.25, 0.3) is 16.9 Å². The molecule has 0 spiro atoms. The Labute approximate surface area is 207 Å². The summed E-state index contributed by atoms with van der Waals surface area (Å²) in [6.07, 6.45) is 1.32. The number of nitrogens with one attached hydrogen (secondary N) is 2. The number of carbonyl (C=O) groups excluding carboxylic acids is 1. The van der Waals surface area contributed by atoms with Gasteiger partial charge in [-0.1, -0.05) is 30.7 Å². The van der Waals surface area contributed by atoms with Gasteiger partial charge in [-0.3, -0.25) is 4.57 Å². The molecule has 0 aliphatic heterocycles. The first kappa shape index (κ1) is 24.2. The molecule has 0 saturated heterocycles. The molecule has 2 N–H and O–H groups in total. The fourth-order valence-corrected chi connectivity index (χ4v) is 6.11. The predicted molar refractivity (Wildman–Crippen MR) is 134 cm³/mol. The Morgan fingerprint density at radius 1 is 1.12 bits per heavy atom. The highest BCUT2D eigenvalue weighted by molar-refractivity contribution is 7.92. The van der Waals surface area contributed by atoms with Crippen molar-refractivity contribution in [3.05, 3.63) is 69.4 Å². The zero-order valence-electron chi connectivity index (χ0n) is 18.9. The van der Waals surface area contributed by atoms with Crippen LogP contribution in [0.1, 0.15) is 29.6 Å². The molecule has 1 aromatic carbocycles. The number of nitrogens with zero attached hydrogens (tertiary/aromatic N) is 3. The predicted octanol–water partition coefficient (Wildman–Crippen LogP) is 4.55. The van der Waals surface area contributed by atoms with Gasteiger partial charge in [0, 0.05) is 24.3 Å². The third kappa shape index (κ3) is 5.08. The van der Waals surface area contributed by atoms with Gasteiger partial charge in [-0.2, -0.15) is 0 Å². The molecule has 4 rings (SSSR count). The second-order valence-corrected chi connectivity index (χ2v) is 11.4. The van der Waals surface area contributed by atoms with E-state index in [1.54, 1.807) is 0 Å². The summed E-state index contributed by atoms with van der Waals surface area (Å²) in [5, 5.41) is 2.58. The average Bonchev–Trinajstić information content (AvgIpc) is 3.38. The van der Waals surface area contributed by atoms with E-state index in [1.165, 1.54) is 12.1 Å². The van der Waals surface area contributed by atoms with Gasteiger partial charge >= 0.3 is 6.03 Å². The van der Waals surface area contributed by atoms with Crippen molar-refractivity contribution in [2.45, 2.75) is 37.8 Å². The van der Waals surface area contributed by atoms with Crippen LogP contribution >= 0.6 is 22.9 Å². The highest BCUT2D eigenvalue weighted by Gasteiger charge is 2.19. The average molecular weight is 518 g/mol. The van der Waals surface area contributed by atoms with Gasteiger partial charge in [0.2, 0.25) is 0 Å². The molecular formula is C23H24ClN5O3S2. The fourth-order valence-electron chi connectivity index (χ4n) is 3.70. The van der Waals surface area contributed by atoms with E-state index >= 15 is 0 Å². The van der Waals surface area contributed by atoms with Gasteiger partial charge in [-0.25, -0.2) is 27.9 Å². The van der Waals surface area contributed by atoms with Gasteiger partial charge in [-0.15, -0.1) is 11.3 Å². The van der Waals surface area contributed by atoms with Crippen LogP contribution in [-0.4, -0.2) is 35.5 Å². The number of aromatic nitrogens is 3. The molecule has 0 radical (unpaired) electrons. The number of rotatable bonds is 7. The normalized spacial score (nSPS) is 11.6. The lowest BCUT2D eigenvalue weighted by Crippen LogP contribution is -2.39. The van der Waals surface area contributed by atoms with Crippen molar-refractivity contribution in [2.75, 3.05) is 6.54 Å². The van der Waals surface area contributed by atoms with Crippen molar-refractivity contribution < 1.29 is 13.2 Å². The summed E-state index contributed by atoms with van der Waals surface area (Å²) < 4.78 is 28.8. The first-order valence-electron chi connectivity index (χ1n) is 10.7. The molecule has 34 heavy (non-hydrogen) atoms. The van der Waals surface area contributed by atoms with Crippen molar-refractivity contribution in [3.63, 3.8) is 0 Å². The molecule has 0 unspecified atom stereocenters. The third-order valence-corrected chi connectivity index (χ3v) is 8.31. The van der Waals surface area contributed by atoms with Crippen LogP contribution in [0.3, 0.4) is 0 Å². The Kier molecular flexibility index (Phi) is 6.92. The topological polar surface area (TPSA) is 106 Å². The molecule has 0 aliphatic carbocycles. The van der Waals surface area contributed by atoms with Crippen molar-refractivity contribution >= 4 is 50.2 Å². The molecule has 3 aromatic heterocycles. The number of thiophene rings is 1. The SMILES string of the molecule is CCc1nc2c(C)cc(C)nc2n1-c1ccc(CCNC(=O)NS(=O)(=O)c2ccc(Cl)s2)cc1. The first-order chi connectivity index (χ1) is 16.2. The number of carbonyl (C=O) groups is 1. The van der Waals surface area contributed by atoms with Crippen LogP contribution in [-0.2, 0) is 22.9 Å². The van der Waals surface area contributed by atoms with E-state index in [4.69, 9.17) is 21.6 Å². The third-order valence-electron chi connectivity index (χ3n) is 5.25. The molecule has 0 aliphatic rings. The Hall–Kier alpha value is -2.95. The molecule has 0 atom stereocenters. The number of benzene rings is 1. The van der Waals surface area contributed by atoms with Crippen molar-refractivity contribution in [2.24, 2.45) is 0 Å². The lowest BCUT2D eigenvalue weighted by atomic mass is 10.1. The highest BCUT2D eigenvalue weighted by Crippen LogP contribution is 2.25. The number of halogens is 1. The summed E-state index contributed by atoms with van der Waals surface area (Å²) in [5.74, 6) is 0.940. The van der Waals surface area contributed by atoms with E-state index in [2.05, 4.69) is 16.8 Å². The van der Waals surface area contributed by atoms with E-state index in [-0.39, 0.29) is 10.8 Å². The van der Waals surface area contributed by atoms with Gasteiger partial charge in [0.25, 0.3) is 10.0 Å². The minimum atomic E-state index is -3.94. The highest BCUT2D eigenvalue weighted by atomic mass is 35.5. The number of imidazole rings is 1. The van der Waals surface area contributed by atoms with Gasteiger partial charge in [0.1, 0.15) is 15.6 Å². The van der Waals surface area contributed by atoms with E-state index in [0.29, 0.717) is 10.8 Å². The zero-order chi connectivity index (χ0) is 24.5. The maximum Gasteiger partial charge on any atom is 0.328 e. The van der Waals surface area contributed by atoms with Crippen LogP contribution in [0.5, 0.6) is 0 Å². The molecule has 178 valence electrons. The number of urea groups is 1. The molecule has 0 saturated carbocycles. The van der Waals surface area contributed by atoms with E-state index < -0.39 is 16.1 Å². The van der Waals surface area contributed by atoms with Crippen LogP contribution in [0.15, 0.2) is 46.7 Å². The zero-order valence-corrected chi connectivity index (χ0v) is 21.3. The molecule has 4 aromatic rings. The van der Waals surface area contributed by atoms with Crippen LogP contribution in [0, 0.1) is 13.8 Å². The smallest absolute Gasteiger partial charge is 0.328 e. The maximum atomic E-state index is 12.2. The molecule has 0 fully saturated rings. The quantitative estimate of drug-likeness (QED) is 0.374. The summed E-state index contributed by atoms with van der Waals surface area (Å²) in [6, 6.07) is 12.0. The number of hydrogen-bond donors (Lipinski definition) is 2. The summed E-state index contributed by atoms with van der Waals surface area (Å²) in [6.45, 7) is 6.36. The van der Waals surface area contributed by atoms with Gasteiger partial charge in [0.15, 0.2) is 5.65 Å². The Balaban J connectivity index is 1.42. The van der Waals surface area contributed by atoms with Gasteiger partial charge < -0.3 is 5.32 Å². The summed E-state index contributed by atoms with van der Waals surface area (Å²) in [5.41, 5.74) is 5.75. The van der Waals surface area contributed by atoms with Crippen LogP contribution in [0.4, 0.5) is 4.79 Å². The molecular weight excluding hydrogens is 494 g/mol. The van der Waals surface area contributed by atoms with E-state index in [9.17, 15) is 13.2 Å². The Bertz CT molecular complexity index is 1460. The summed E-state index contributed by atoms with van der Waals surface area (Å²) >= 11 is 6.66. The molecule has 3 heterocycles. The number of pyridine rings is 1. The van der Waals surface area contributed by atoms with Crippen molar-refractivity contribution in [3.8, 4) is 5.69 Å². The number of fused-ring (bicyclic) bond motifs is 1. The molecule has 8 nitrogen and oxygen atoms in total.